The zero-order chi connectivity index (χ0) is 12.6. The average Bonchev–Trinajstić information content (AvgIpc) is 2.45. The molecule has 3 heteroatoms. The van der Waals surface area contributed by atoms with E-state index in [1.165, 1.54) is 5.56 Å². The first-order valence-corrected chi connectivity index (χ1v) is 6.91. The summed E-state index contributed by atoms with van der Waals surface area (Å²) in [5.74, 6) is 1.02. The maximum absolute atomic E-state index is 8.76. The van der Waals surface area contributed by atoms with E-state index in [1.54, 1.807) is 17.8 Å². The summed E-state index contributed by atoms with van der Waals surface area (Å²) >= 11 is 1.71. The van der Waals surface area contributed by atoms with Gasteiger partial charge in [0.25, 0.3) is 0 Å². The molecule has 0 aliphatic heterocycles. The first kappa shape index (κ1) is 12.7. The van der Waals surface area contributed by atoms with Crippen LogP contribution < -0.4 is 0 Å². The Balaban J connectivity index is 1.77. The molecule has 2 nitrogen and oxygen atoms in total. The van der Waals surface area contributed by atoms with Crippen LogP contribution in [0, 0.1) is 11.3 Å². The number of rotatable bonds is 5. The fraction of sp³-hybridized carbons (Fsp3) is 0.200. The molecule has 2 rings (SSSR count). The van der Waals surface area contributed by atoms with Crippen LogP contribution in [0.25, 0.3) is 0 Å². The van der Waals surface area contributed by atoms with E-state index in [0.717, 1.165) is 23.6 Å². The first-order chi connectivity index (χ1) is 8.88. The Morgan fingerprint density at radius 1 is 1.06 bits per heavy atom. The van der Waals surface area contributed by atoms with Crippen molar-refractivity contribution in [2.75, 3.05) is 5.75 Å². The number of pyridine rings is 1. The van der Waals surface area contributed by atoms with Gasteiger partial charge < -0.3 is 0 Å². The number of aryl methyl sites for hydroxylation is 1. The molecule has 1 aromatic heterocycles. The molecule has 0 spiro atoms. The zero-order valence-corrected chi connectivity index (χ0v) is 10.9. The summed E-state index contributed by atoms with van der Waals surface area (Å²) in [7, 11) is 0. The minimum Gasteiger partial charge on any atom is -0.231 e. The molecule has 0 atom stereocenters. The van der Waals surface area contributed by atoms with E-state index in [0.29, 0.717) is 5.69 Å². The van der Waals surface area contributed by atoms with Crippen LogP contribution in [0.1, 0.15) is 17.7 Å². The molecule has 0 radical (unpaired) electrons. The summed E-state index contributed by atoms with van der Waals surface area (Å²) in [5.41, 5.74) is 1.86. The van der Waals surface area contributed by atoms with Gasteiger partial charge in [0, 0.05) is 0 Å². The van der Waals surface area contributed by atoms with E-state index in [4.69, 9.17) is 5.26 Å². The van der Waals surface area contributed by atoms with Gasteiger partial charge in [-0.25, -0.2) is 4.98 Å². The van der Waals surface area contributed by atoms with Gasteiger partial charge in [-0.3, -0.25) is 0 Å². The number of benzene rings is 1. The second-order valence-corrected chi connectivity index (χ2v) is 5.03. The maximum atomic E-state index is 8.76. The van der Waals surface area contributed by atoms with Crippen molar-refractivity contribution in [3.8, 4) is 6.07 Å². The lowest BCUT2D eigenvalue weighted by atomic mass is 10.1. The van der Waals surface area contributed by atoms with Crippen molar-refractivity contribution >= 4 is 11.8 Å². The van der Waals surface area contributed by atoms with Crippen molar-refractivity contribution in [2.24, 2.45) is 0 Å². The van der Waals surface area contributed by atoms with Gasteiger partial charge in [-0.1, -0.05) is 36.4 Å². The summed E-state index contributed by atoms with van der Waals surface area (Å²) in [5, 5.41) is 9.69. The van der Waals surface area contributed by atoms with Crippen molar-refractivity contribution in [1.82, 2.24) is 4.98 Å². The second kappa shape index (κ2) is 6.83. The fourth-order valence-electron chi connectivity index (χ4n) is 1.66. The van der Waals surface area contributed by atoms with E-state index >= 15 is 0 Å². The monoisotopic (exact) mass is 254 g/mol. The third-order valence-electron chi connectivity index (χ3n) is 2.54. The third-order valence-corrected chi connectivity index (χ3v) is 3.56. The van der Waals surface area contributed by atoms with Crippen molar-refractivity contribution in [2.45, 2.75) is 17.9 Å². The lowest BCUT2D eigenvalue weighted by Gasteiger charge is -2.02. The zero-order valence-electron chi connectivity index (χ0n) is 10.0. The largest absolute Gasteiger partial charge is 0.231 e. The van der Waals surface area contributed by atoms with Gasteiger partial charge in [0.2, 0.25) is 0 Å². The summed E-state index contributed by atoms with van der Waals surface area (Å²) in [6.45, 7) is 0. The topological polar surface area (TPSA) is 36.7 Å². The number of nitriles is 1. The Morgan fingerprint density at radius 3 is 2.67 bits per heavy atom. The molecule has 2 aromatic rings. The molecule has 0 N–H and O–H groups in total. The Morgan fingerprint density at radius 2 is 1.89 bits per heavy atom. The van der Waals surface area contributed by atoms with E-state index in [9.17, 15) is 0 Å². The predicted molar refractivity (Wildman–Crippen MR) is 74.4 cm³/mol. The second-order valence-electron chi connectivity index (χ2n) is 3.91. The standard InChI is InChI=1S/C15H14N2S/c16-12-14-9-4-10-15(17-14)18-11-5-8-13-6-2-1-3-7-13/h1-4,6-7,9-10H,5,8,11H2. The highest BCUT2D eigenvalue weighted by molar-refractivity contribution is 7.99. The van der Waals surface area contributed by atoms with Crippen LogP contribution in [0.2, 0.25) is 0 Å². The Labute approximate surface area is 112 Å². The smallest absolute Gasteiger partial charge is 0.141 e. The minimum absolute atomic E-state index is 0.489. The van der Waals surface area contributed by atoms with Gasteiger partial charge in [0.05, 0.1) is 5.03 Å². The molecule has 18 heavy (non-hydrogen) atoms. The quantitative estimate of drug-likeness (QED) is 0.603. The van der Waals surface area contributed by atoms with E-state index in [2.05, 4.69) is 35.3 Å². The lowest BCUT2D eigenvalue weighted by molar-refractivity contribution is 0.930. The molecule has 0 amide bonds. The molecule has 0 saturated heterocycles. The minimum atomic E-state index is 0.489. The van der Waals surface area contributed by atoms with Crippen molar-refractivity contribution in [3.05, 3.63) is 59.8 Å². The van der Waals surface area contributed by atoms with Gasteiger partial charge in [0.15, 0.2) is 0 Å². The molecule has 0 aliphatic carbocycles. The fourth-order valence-corrected chi connectivity index (χ4v) is 2.49. The highest BCUT2D eigenvalue weighted by atomic mass is 32.2. The van der Waals surface area contributed by atoms with Gasteiger partial charge in [0.1, 0.15) is 11.8 Å². The number of nitrogens with zero attached hydrogens (tertiary/aromatic N) is 2. The third kappa shape index (κ3) is 3.90. The van der Waals surface area contributed by atoms with Gasteiger partial charge in [-0.2, -0.15) is 5.26 Å². The molecule has 1 aromatic carbocycles. The average molecular weight is 254 g/mol. The highest BCUT2D eigenvalue weighted by Gasteiger charge is 1.98. The Bertz CT molecular complexity index is 532. The summed E-state index contributed by atoms with van der Waals surface area (Å²) in [6, 6.07) is 18.1. The van der Waals surface area contributed by atoms with E-state index in [-0.39, 0.29) is 0 Å². The summed E-state index contributed by atoms with van der Waals surface area (Å²) in [6.07, 6.45) is 2.21. The van der Waals surface area contributed by atoms with Crippen molar-refractivity contribution < 1.29 is 0 Å². The number of hydrogen-bond acceptors (Lipinski definition) is 3. The predicted octanol–water partition coefficient (Wildman–Crippen LogP) is 3.68. The van der Waals surface area contributed by atoms with Gasteiger partial charge >= 0.3 is 0 Å². The van der Waals surface area contributed by atoms with Crippen molar-refractivity contribution in [1.29, 1.82) is 5.26 Å². The van der Waals surface area contributed by atoms with Crippen LogP contribution in [0.15, 0.2) is 53.6 Å². The molecular weight excluding hydrogens is 240 g/mol. The van der Waals surface area contributed by atoms with Crippen LogP contribution in [0.5, 0.6) is 0 Å². The number of aromatic nitrogens is 1. The normalized spacial score (nSPS) is 9.94. The highest BCUT2D eigenvalue weighted by Crippen LogP contribution is 2.17. The van der Waals surface area contributed by atoms with Crippen molar-refractivity contribution in [3.63, 3.8) is 0 Å². The molecule has 0 aliphatic rings. The summed E-state index contributed by atoms with van der Waals surface area (Å²) < 4.78 is 0. The number of thioether (sulfide) groups is 1. The number of hydrogen-bond donors (Lipinski definition) is 0. The van der Waals surface area contributed by atoms with Gasteiger partial charge in [-0.15, -0.1) is 11.8 Å². The SMILES string of the molecule is N#Cc1cccc(SCCCc2ccccc2)n1. The van der Waals surface area contributed by atoms with Crippen LogP contribution in [-0.4, -0.2) is 10.7 Å². The Kier molecular flexibility index (Phi) is 4.80. The molecule has 0 fully saturated rings. The van der Waals surface area contributed by atoms with Crippen LogP contribution in [0.3, 0.4) is 0 Å². The lowest BCUT2D eigenvalue weighted by Crippen LogP contribution is -1.89. The molecule has 0 unspecified atom stereocenters. The Hall–Kier alpha value is -1.79. The molecular formula is C15H14N2S. The van der Waals surface area contributed by atoms with Gasteiger partial charge in [-0.05, 0) is 36.3 Å². The van der Waals surface area contributed by atoms with Crippen LogP contribution >= 0.6 is 11.8 Å². The van der Waals surface area contributed by atoms with E-state index in [1.807, 2.05) is 18.2 Å². The molecule has 90 valence electrons. The molecule has 1 heterocycles. The molecule has 0 saturated carbocycles. The molecule has 0 bridgehead atoms. The van der Waals surface area contributed by atoms with Crippen LogP contribution in [-0.2, 0) is 6.42 Å². The summed E-state index contributed by atoms with van der Waals surface area (Å²) in [4.78, 5) is 4.24. The van der Waals surface area contributed by atoms with Crippen LogP contribution in [0.4, 0.5) is 0 Å². The van der Waals surface area contributed by atoms with E-state index < -0.39 is 0 Å². The maximum Gasteiger partial charge on any atom is 0.141 e. The first-order valence-electron chi connectivity index (χ1n) is 5.92.